The van der Waals surface area contributed by atoms with Gasteiger partial charge in [-0.05, 0) is 72.4 Å². The van der Waals surface area contributed by atoms with Crippen molar-refractivity contribution < 1.29 is 18.1 Å². The van der Waals surface area contributed by atoms with Gasteiger partial charge in [0.1, 0.15) is 17.2 Å². The van der Waals surface area contributed by atoms with Gasteiger partial charge in [0.25, 0.3) is 10.1 Å². The molecule has 0 radical (unpaired) electrons. The van der Waals surface area contributed by atoms with Gasteiger partial charge in [0, 0.05) is 33.2 Å². The van der Waals surface area contributed by atoms with Gasteiger partial charge in [0.05, 0.1) is 17.3 Å². The number of phenolic OH excluding ortho intramolecular Hbond substituents is 1. The number of rotatable bonds is 5. The van der Waals surface area contributed by atoms with Crippen LogP contribution in [-0.4, -0.2) is 65.0 Å². The molecule has 2 N–H and O–H groups in total. The zero-order valence-corrected chi connectivity index (χ0v) is 24.2. The molecule has 208 valence electrons. The van der Waals surface area contributed by atoms with Gasteiger partial charge in [-0.25, -0.2) is 0 Å². The minimum atomic E-state index is -3.67. The summed E-state index contributed by atoms with van der Waals surface area (Å²) in [5.41, 5.74) is 5.27. The molecule has 0 aliphatic carbocycles. The summed E-state index contributed by atoms with van der Waals surface area (Å²) < 4.78 is 28.1. The Kier molecular flexibility index (Phi) is 8.23. The first kappa shape index (κ1) is 28.2. The molecule has 10 heteroatoms. The lowest BCUT2D eigenvalue weighted by Crippen LogP contribution is -2.24. The molecule has 1 aromatic carbocycles. The first-order chi connectivity index (χ1) is 17.8. The molecule has 2 saturated heterocycles. The Morgan fingerprint density at radius 1 is 0.842 bits per heavy atom. The topological polar surface area (TPSA) is 112 Å². The Hall–Kier alpha value is -2.85. The van der Waals surface area contributed by atoms with Crippen molar-refractivity contribution >= 4 is 32.9 Å². The van der Waals surface area contributed by atoms with Gasteiger partial charge in [0.2, 0.25) is 5.95 Å². The number of anilines is 2. The van der Waals surface area contributed by atoms with Crippen LogP contribution in [0.1, 0.15) is 76.3 Å². The number of hydrogen-bond acceptors (Lipinski definition) is 7. The Morgan fingerprint density at radius 2 is 1.32 bits per heavy atom. The molecular weight excluding hydrogens is 502 g/mol. The van der Waals surface area contributed by atoms with E-state index in [1.807, 2.05) is 0 Å². The number of aryl methyl sites for hydroxylation is 1. The Morgan fingerprint density at radius 3 is 1.79 bits per heavy atom. The van der Waals surface area contributed by atoms with Crippen LogP contribution in [0.5, 0.6) is 5.75 Å². The van der Waals surface area contributed by atoms with Crippen LogP contribution in [0.2, 0.25) is 0 Å². The van der Waals surface area contributed by atoms with Gasteiger partial charge in [-0.1, -0.05) is 27.7 Å². The smallest absolute Gasteiger partial charge is 0.261 e. The van der Waals surface area contributed by atoms with Crippen molar-refractivity contribution in [2.24, 2.45) is 7.05 Å². The first-order valence-electron chi connectivity index (χ1n) is 13.5. The molecule has 2 fully saturated rings. The van der Waals surface area contributed by atoms with Gasteiger partial charge in [0.15, 0.2) is 0 Å². The molecule has 0 spiro atoms. The average molecular weight is 544 g/mol. The van der Waals surface area contributed by atoms with E-state index in [2.05, 4.69) is 67.3 Å². The summed E-state index contributed by atoms with van der Waals surface area (Å²) in [6, 6.07) is 6.58. The van der Waals surface area contributed by atoms with Gasteiger partial charge < -0.3 is 19.5 Å². The Labute approximate surface area is 226 Å². The SMILES string of the molecule is CC(C)c1cc(-c2cc3c(N4CCCC4)nc(N4CCCC4)nc3n2C)cc(C(C)C)c1O.CS(=O)(=O)O. The quantitative estimate of drug-likeness (QED) is 0.418. The van der Waals surface area contributed by atoms with Crippen LogP contribution in [0, 0.1) is 0 Å². The molecule has 0 bridgehead atoms. The summed E-state index contributed by atoms with van der Waals surface area (Å²) in [6.07, 6.45) is 5.58. The van der Waals surface area contributed by atoms with Crippen LogP contribution >= 0.6 is 0 Å². The standard InChI is InChI=1S/C27H37N5O.CH4O3S/c1-17(2)20-14-19(15-21(18(3)4)24(20)33)23-16-22-25(30(23)5)28-27(32-12-8-9-13-32)29-26(22)31-10-6-7-11-31;1-5(2,3)4/h14-18,33H,6-13H2,1-5H3;1H3,(H,2,3,4). The van der Waals surface area contributed by atoms with Crippen molar-refractivity contribution in [3.63, 3.8) is 0 Å². The molecule has 0 saturated carbocycles. The molecule has 0 atom stereocenters. The van der Waals surface area contributed by atoms with E-state index >= 15 is 0 Å². The van der Waals surface area contributed by atoms with Gasteiger partial charge in [-0.15, -0.1) is 0 Å². The molecule has 3 aromatic rings. The molecule has 2 aromatic heterocycles. The maximum Gasteiger partial charge on any atom is 0.261 e. The monoisotopic (exact) mass is 543 g/mol. The minimum absolute atomic E-state index is 0.249. The fourth-order valence-corrected chi connectivity index (χ4v) is 5.38. The van der Waals surface area contributed by atoms with Crippen LogP contribution in [0.3, 0.4) is 0 Å². The molecule has 2 aliphatic heterocycles. The number of nitrogens with zero attached hydrogens (tertiary/aromatic N) is 5. The molecule has 0 amide bonds. The first-order valence-corrected chi connectivity index (χ1v) is 15.4. The molecule has 2 aliphatic rings. The largest absolute Gasteiger partial charge is 0.507 e. The van der Waals surface area contributed by atoms with E-state index in [-0.39, 0.29) is 11.8 Å². The maximum absolute atomic E-state index is 10.9. The highest BCUT2D eigenvalue weighted by atomic mass is 32.2. The lowest BCUT2D eigenvalue weighted by Gasteiger charge is -2.21. The highest BCUT2D eigenvalue weighted by Gasteiger charge is 2.25. The Balaban J connectivity index is 0.000000617. The summed E-state index contributed by atoms with van der Waals surface area (Å²) in [5.74, 6) is 2.88. The van der Waals surface area contributed by atoms with Crippen molar-refractivity contribution in [2.75, 3.05) is 42.2 Å². The van der Waals surface area contributed by atoms with Gasteiger partial charge in [-0.2, -0.15) is 18.4 Å². The number of aromatic hydroxyl groups is 1. The molecular formula is C28H41N5O4S. The molecule has 38 heavy (non-hydrogen) atoms. The number of fused-ring (bicyclic) bond motifs is 1. The van der Waals surface area contributed by atoms with E-state index in [4.69, 9.17) is 14.5 Å². The van der Waals surface area contributed by atoms with Crippen molar-refractivity contribution in [1.82, 2.24) is 14.5 Å². The van der Waals surface area contributed by atoms with Crippen molar-refractivity contribution in [2.45, 2.75) is 65.2 Å². The lowest BCUT2D eigenvalue weighted by molar-refractivity contribution is 0.454. The average Bonchev–Trinajstić information content (AvgIpc) is 3.59. The van der Waals surface area contributed by atoms with E-state index in [1.54, 1.807) is 0 Å². The number of aromatic nitrogens is 3. The summed E-state index contributed by atoms with van der Waals surface area (Å²) >= 11 is 0. The third-order valence-electron chi connectivity index (χ3n) is 7.36. The molecule has 4 heterocycles. The van der Waals surface area contributed by atoms with Gasteiger partial charge in [-0.3, -0.25) is 4.55 Å². The third-order valence-corrected chi connectivity index (χ3v) is 7.36. The Bertz CT molecular complexity index is 1370. The third kappa shape index (κ3) is 6.07. The second-order valence-corrected chi connectivity index (χ2v) is 12.6. The number of hydrogen-bond donors (Lipinski definition) is 2. The summed E-state index contributed by atoms with van der Waals surface area (Å²) in [5, 5.41) is 12.0. The fourth-order valence-electron chi connectivity index (χ4n) is 5.38. The summed E-state index contributed by atoms with van der Waals surface area (Å²) in [6.45, 7) is 12.8. The van der Waals surface area contributed by atoms with Crippen LogP contribution in [0.25, 0.3) is 22.3 Å². The van der Waals surface area contributed by atoms with Crippen LogP contribution in [0.15, 0.2) is 18.2 Å². The van der Waals surface area contributed by atoms with E-state index < -0.39 is 10.1 Å². The number of benzene rings is 1. The maximum atomic E-state index is 10.9. The predicted molar refractivity (Wildman–Crippen MR) is 154 cm³/mol. The highest BCUT2D eigenvalue weighted by molar-refractivity contribution is 7.85. The second-order valence-electron chi connectivity index (χ2n) is 11.1. The van der Waals surface area contributed by atoms with E-state index in [0.717, 1.165) is 71.4 Å². The fraction of sp³-hybridized carbons (Fsp3) is 0.571. The zero-order valence-electron chi connectivity index (χ0n) is 23.4. The molecule has 9 nitrogen and oxygen atoms in total. The second kappa shape index (κ2) is 11.1. The lowest BCUT2D eigenvalue weighted by atomic mass is 9.90. The van der Waals surface area contributed by atoms with E-state index in [1.165, 1.54) is 25.7 Å². The molecule has 0 unspecified atom stereocenters. The van der Waals surface area contributed by atoms with Crippen LogP contribution in [-0.2, 0) is 17.2 Å². The van der Waals surface area contributed by atoms with Crippen LogP contribution in [0.4, 0.5) is 11.8 Å². The summed E-state index contributed by atoms with van der Waals surface area (Å²) in [4.78, 5) is 14.9. The van der Waals surface area contributed by atoms with E-state index in [9.17, 15) is 13.5 Å². The minimum Gasteiger partial charge on any atom is -0.507 e. The van der Waals surface area contributed by atoms with E-state index in [0.29, 0.717) is 12.0 Å². The normalized spacial score (nSPS) is 16.1. The van der Waals surface area contributed by atoms with Crippen LogP contribution < -0.4 is 9.80 Å². The zero-order chi connectivity index (χ0) is 27.8. The van der Waals surface area contributed by atoms with Gasteiger partial charge >= 0.3 is 0 Å². The predicted octanol–water partition coefficient (Wildman–Crippen LogP) is 5.29. The summed E-state index contributed by atoms with van der Waals surface area (Å²) in [7, 11) is -1.55. The van der Waals surface area contributed by atoms with Crippen molar-refractivity contribution in [3.8, 4) is 17.0 Å². The molecule has 5 rings (SSSR count). The highest BCUT2D eigenvalue weighted by Crippen LogP contribution is 2.40. The van der Waals surface area contributed by atoms with Crippen molar-refractivity contribution in [3.05, 3.63) is 29.3 Å². The van der Waals surface area contributed by atoms with Crippen molar-refractivity contribution in [1.29, 1.82) is 0 Å². The number of phenols is 1.